The van der Waals surface area contributed by atoms with Gasteiger partial charge >= 0.3 is 6.18 Å². The first-order valence-corrected chi connectivity index (χ1v) is 11.7. The molecule has 11 heteroatoms. The molecule has 0 heterocycles. The number of rotatable bonds is 7. The van der Waals surface area contributed by atoms with Crippen molar-refractivity contribution in [3.05, 3.63) is 82.4 Å². The minimum atomic E-state index is -4.62. The summed E-state index contributed by atoms with van der Waals surface area (Å²) in [5.74, 6) is -0.378. The van der Waals surface area contributed by atoms with Gasteiger partial charge in [0, 0.05) is 11.4 Å². The molecule has 6 nitrogen and oxygen atoms in total. The van der Waals surface area contributed by atoms with E-state index in [0.717, 1.165) is 29.3 Å². The molecule has 0 unspecified atom stereocenters. The second-order valence-electron chi connectivity index (χ2n) is 7.41. The molecule has 0 saturated heterocycles. The topological polar surface area (TPSA) is 84.5 Å². The predicted molar refractivity (Wildman–Crippen MR) is 124 cm³/mol. The number of alkyl halides is 3. The molecule has 0 saturated carbocycles. The van der Waals surface area contributed by atoms with Gasteiger partial charge < -0.3 is 10.1 Å². The molecule has 0 radical (unpaired) electrons. The van der Waals surface area contributed by atoms with Crippen LogP contribution < -0.4 is 14.8 Å². The van der Waals surface area contributed by atoms with Gasteiger partial charge in [-0.2, -0.15) is 13.2 Å². The van der Waals surface area contributed by atoms with Gasteiger partial charge in [-0.25, -0.2) is 8.42 Å². The van der Waals surface area contributed by atoms with E-state index in [4.69, 9.17) is 16.3 Å². The number of halogens is 4. The number of amides is 1. The minimum absolute atomic E-state index is 0.0647. The van der Waals surface area contributed by atoms with E-state index in [1.807, 2.05) is 26.0 Å². The number of hydrogen-bond donors (Lipinski definition) is 2. The highest BCUT2D eigenvalue weighted by atomic mass is 35.5. The van der Waals surface area contributed by atoms with Crippen LogP contribution in [-0.4, -0.2) is 20.9 Å². The van der Waals surface area contributed by atoms with Crippen LogP contribution in [0.15, 0.2) is 65.6 Å². The van der Waals surface area contributed by atoms with E-state index in [2.05, 4.69) is 10.0 Å². The summed E-state index contributed by atoms with van der Waals surface area (Å²) < 4.78 is 71.3. The fraction of sp³-hybridized carbons (Fsp3) is 0.174. The summed E-state index contributed by atoms with van der Waals surface area (Å²) in [6.07, 6.45) is -4.62. The molecule has 34 heavy (non-hydrogen) atoms. The Kier molecular flexibility index (Phi) is 7.42. The molecule has 3 rings (SSSR count). The van der Waals surface area contributed by atoms with Gasteiger partial charge in [-0.3, -0.25) is 9.52 Å². The maximum atomic E-state index is 12.9. The highest BCUT2D eigenvalue weighted by Gasteiger charge is 2.30. The third-order valence-corrected chi connectivity index (χ3v) is 6.48. The van der Waals surface area contributed by atoms with Gasteiger partial charge in [-0.05, 0) is 73.5 Å². The van der Waals surface area contributed by atoms with E-state index >= 15 is 0 Å². The highest BCUT2D eigenvalue weighted by molar-refractivity contribution is 7.92. The van der Waals surface area contributed by atoms with Gasteiger partial charge in [0.2, 0.25) is 0 Å². The fourth-order valence-electron chi connectivity index (χ4n) is 2.90. The van der Waals surface area contributed by atoms with Crippen molar-refractivity contribution >= 4 is 38.9 Å². The molecular formula is C23H20ClF3N2O4S. The van der Waals surface area contributed by atoms with Crippen LogP contribution in [0.3, 0.4) is 0 Å². The fourth-order valence-corrected chi connectivity index (χ4v) is 4.27. The van der Waals surface area contributed by atoms with Gasteiger partial charge in [-0.15, -0.1) is 0 Å². The average molecular weight is 513 g/mol. The third-order valence-electron chi connectivity index (χ3n) is 4.81. The molecule has 0 spiro atoms. The Bertz CT molecular complexity index is 1330. The summed E-state index contributed by atoms with van der Waals surface area (Å²) in [5, 5.41) is 2.59. The Morgan fingerprint density at radius 2 is 1.71 bits per heavy atom. The molecule has 2 N–H and O–H groups in total. The summed E-state index contributed by atoms with van der Waals surface area (Å²) in [6.45, 7) is 3.49. The number of anilines is 2. The average Bonchev–Trinajstić information content (AvgIpc) is 2.74. The number of nitrogens with one attached hydrogen (secondary N) is 2. The molecule has 0 atom stereocenters. The van der Waals surface area contributed by atoms with Crippen molar-refractivity contribution in [1.82, 2.24) is 0 Å². The van der Waals surface area contributed by atoms with E-state index in [-0.39, 0.29) is 28.0 Å². The number of aryl methyl sites for hydroxylation is 2. The summed E-state index contributed by atoms with van der Waals surface area (Å²) in [4.78, 5) is 11.9. The molecular weight excluding hydrogens is 493 g/mol. The van der Waals surface area contributed by atoms with E-state index in [9.17, 15) is 26.4 Å². The predicted octanol–water partition coefficient (Wildman–Crippen LogP) is 5.79. The lowest BCUT2D eigenvalue weighted by Crippen LogP contribution is -2.20. The van der Waals surface area contributed by atoms with Crippen molar-refractivity contribution in [2.24, 2.45) is 0 Å². The van der Waals surface area contributed by atoms with E-state index < -0.39 is 27.7 Å². The van der Waals surface area contributed by atoms with Crippen LogP contribution in [0.1, 0.15) is 16.7 Å². The summed E-state index contributed by atoms with van der Waals surface area (Å²) >= 11 is 6.11. The second kappa shape index (κ2) is 9.94. The van der Waals surface area contributed by atoms with Crippen molar-refractivity contribution < 1.29 is 31.1 Å². The van der Waals surface area contributed by atoms with Crippen LogP contribution in [0.2, 0.25) is 5.02 Å². The number of sulfonamides is 1. The van der Waals surface area contributed by atoms with Gasteiger partial charge in [0.1, 0.15) is 5.75 Å². The lowest BCUT2D eigenvalue weighted by atomic mass is 10.1. The number of carbonyl (C=O) groups excluding carboxylic acids is 1. The number of carbonyl (C=O) groups is 1. The zero-order chi connectivity index (χ0) is 25.1. The minimum Gasteiger partial charge on any atom is -0.482 e. The SMILES string of the molecule is Cc1ccc(NC(=O)COc2ccc(S(=O)(=O)Nc3cccc(C(F)(F)F)c3)cc2Cl)cc1C. The molecule has 0 bridgehead atoms. The Labute approximate surface area is 199 Å². The Morgan fingerprint density at radius 1 is 0.971 bits per heavy atom. The number of benzene rings is 3. The third kappa shape index (κ3) is 6.42. The van der Waals surface area contributed by atoms with E-state index in [0.29, 0.717) is 11.8 Å². The zero-order valence-electron chi connectivity index (χ0n) is 18.0. The Hall–Kier alpha value is -3.24. The summed E-state index contributed by atoms with van der Waals surface area (Å²) in [7, 11) is -4.23. The molecule has 0 aliphatic heterocycles. The maximum Gasteiger partial charge on any atom is 0.416 e. The molecule has 0 aliphatic carbocycles. The van der Waals surface area contributed by atoms with Crippen LogP contribution in [0, 0.1) is 13.8 Å². The molecule has 180 valence electrons. The quantitative estimate of drug-likeness (QED) is 0.419. The molecule has 0 aliphatic rings. The lowest BCUT2D eigenvalue weighted by molar-refractivity contribution is -0.137. The molecule has 1 amide bonds. The monoisotopic (exact) mass is 512 g/mol. The van der Waals surface area contributed by atoms with Crippen molar-refractivity contribution in [2.75, 3.05) is 16.6 Å². The molecule has 0 fully saturated rings. The van der Waals surface area contributed by atoms with Crippen LogP contribution in [0.25, 0.3) is 0 Å². The highest BCUT2D eigenvalue weighted by Crippen LogP contribution is 2.32. The number of ether oxygens (including phenoxy) is 1. The van der Waals surface area contributed by atoms with Gasteiger partial charge in [0.05, 0.1) is 15.5 Å². The summed E-state index contributed by atoms with van der Waals surface area (Å²) in [6, 6.07) is 12.7. The van der Waals surface area contributed by atoms with Gasteiger partial charge in [0.15, 0.2) is 6.61 Å². The van der Waals surface area contributed by atoms with Gasteiger partial charge in [0.25, 0.3) is 15.9 Å². The first kappa shape index (κ1) is 25.4. The largest absolute Gasteiger partial charge is 0.482 e. The molecule has 3 aromatic carbocycles. The molecule has 3 aromatic rings. The normalized spacial score (nSPS) is 11.7. The van der Waals surface area contributed by atoms with Crippen LogP contribution in [-0.2, 0) is 21.0 Å². The van der Waals surface area contributed by atoms with Crippen molar-refractivity contribution in [3.8, 4) is 5.75 Å². The Balaban J connectivity index is 1.67. The van der Waals surface area contributed by atoms with Crippen LogP contribution in [0.5, 0.6) is 5.75 Å². The second-order valence-corrected chi connectivity index (χ2v) is 9.50. The lowest BCUT2D eigenvalue weighted by Gasteiger charge is -2.13. The van der Waals surface area contributed by atoms with Crippen LogP contribution in [0.4, 0.5) is 24.5 Å². The smallest absolute Gasteiger partial charge is 0.416 e. The standard InChI is InChI=1S/C23H20ClF3N2O4S/c1-14-6-7-17(10-15(14)2)28-22(30)13-33-21-9-8-19(12-20(21)24)34(31,32)29-18-5-3-4-16(11-18)23(25,26)27/h3-12,29H,13H2,1-2H3,(H,28,30). The first-order valence-electron chi connectivity index (χ1n) is 9.85. The van der Waals surface area contributed by atoms with Gasteiger partial charge in [-0.1, -0.05) is 23.7 Å². The van der Waals surface area contributed by atoms with Crippen molar-refractivity contribution in [2.45, 2.75) is 24.9 Å². The zero-order valence-corrected chi connectivity index (χ0v) is 19.6. The number of hydrogen-bond acceptors (Lipinski definition) is 4. The molecule has 0 aromatic heterocycles. The van der Waals surface area contributed by atoms with E-state index in [1.165, 1.54) is 18.2 Å². The van der Waals surface area contributed by atoms with Crippen molar-refractivity contribution in [3.63, 3.8) is 0 Å². The van der Waals surface area contributed by atoms with Crippen molar-refractivity contribution in [1.29, 1.82) is 0 Å². The van der Waals surface area contributed by atoms with Crippen LogP contribution >= 0.6 is 11.6 Å². The van der Waals surface area contributed by atoms with E-state index in [1.54, 1.807) is 6.07 Å². The Morgan fingerprint density at radius 3 is 2.35 bits per heavy atom. The maximum absolute atomic E-state index is 12.9. The summed E-state index contributed by atoms with van der Waals surface area (Å²) in [5.41, 5.74) is 1.45. The first-order chi connectivity index (χ1) is 15.8.